The van der Waals surface area contributed by atoms with Crippen LogP contribution in [0.5, 0.6) is 0 Å². The van der Waals surface area contributed by atoms with Crippen molar-refractivity contribution in [2.45, 2.75) is 58.9 Å². The molecule has 1 rings (SSSR count). The number of hydrogen-bond acceptors (Lipinski definition) is 2. The van der Waals surface area contributed by atoms with Gasteiger partial charge in [0.2, 0.25) is 0 Å². The first kappa shape index (κ1) is 12.2. The van der Waals surface area contributed by atoms with Crippen molar-refractivity contribution in [3.05, 3.63) is 0 Å². The molecule has 0 amide bonds. The lowest BCUT2D eigenvalue weighted by Crippen LogP contribution is -2.30. The maximum atomic E-state index is 11.1. The van der Waals surface area contributed by atoms with E-state index in [2.05, 4.69) is 4.99 Å². The van der Waals surface area contributed by atoms with Crippen LogP contribution in [0.1, 0.15) is 52.9 Å². The van der Waals surface area contributed by atoms with Gasteiger partial charge in [-0.1, -0.05) is 40.0 Å². The topological polar surface area (TPSA) is 49.7 Å². The molecule has 0 bridgehead atoms. The van der Waals surface area contributed by atoms with Crippen LogP contribution < -0.4 is 0 Å². The number of carbonyl (C=O) groups is 1. The molecule has 86 valence electrons. The van der Waals surface area contributed by atoms with Gasteiger partial charge in [-0.3, -0.25) is 4.99 Å². The smallest absolute Gasteiger partial charge is 0.350 e. The third-order valence-electron chi connectivity index (χ3n) is 2.80. The second-order valence-electron chi connectivity index (χ2n) is 5.32. The number of carboxylic acids is 1. The predicted octanol–water partition coefficient (Wildman–Crippen LogP) is 2.89. The Bertz CT molecular complexity index is 257. The molecule has 1 N–H and O–H groups in total. The minimum absolute atomic E-state index is 0.240. The van der Waals surface area contributed by atoms with Gasteiger partial charge in [0.1, 0.15) is 5.71 Å². The van der Waals surface area contributed by atoms with Crippen LogP contribution in [0.15, 0.2) is 4.99 Å². The molecular formula is C12H21NO2. The molecular weight excluding hydrogens is 190 g/mol. The molecule has 0 aromatic rings. The highest BCUT2D eigenvalue weighted by molar-refractivity contribution is 6.37. The highest BCUT2D eigenvalue weighted by Crippen LogP contribution is 2.24. The van der Waals surface area contributed by atoms with Crippen LogP contribution in [-0.4, -0.2) is 22.8 Å². The van der Waals surface area contributed by atoms with E-state index in [1.165, 1.54) is 19.3 Å². The monoisotopic (exact) mass is 211 g/mol. The molecule has 3 heteroatoms. The third kappa shape index (κ3) is 3.65. The van der Waals surface area contributed by atoms with Crippen molar-refractivity contribution in [1.29, 1.82) is 0 Å². The fourth-order valence-electron chi connectivity index (χ4n) is 1.96. The average Bonchev–Trinajstić information content (AvgIpc) is 2.13. The van der Waals surface area contributed by atoms with Gasteiger partial charge >= 0.3 is 5.97 Å². The molecule has 1 aliphatic carbocycles. The average molecular weight is 211 g/mol. The number of nitrogens with zero attached hydrogens (tertiary/aromatic N) is 1. The number of hydrogen-bond donors (Lipinski definition) is 1. The molecule has 0 aliphatic heterocycles. The first-order chi connectivity index (χ1) is 6.91. The summed E-state index contributed by atoms with van der Waals surface area (Å²) >= 11 is 0. The first-order valence-corrected chi connectivity index (χ1v) is 5.73. The van der Waals surface area contributed by atoms with Crippen molar-refractivity contribution in [2.24, 2.45) is 10.4 Å². The zero-order valence-corrected chi connectivity index (χ0v) is 9.92. The SMILES string of the molecule is CC(C)(C)/C(=N/C1CCCCC1)C(=O)O. The van der Waals surface area contributed by atoms with Gasteiger partial charge in [0, 0.05) is 5.41 Å². The van der Waals surface area contributed by atoms with Crippen molar-refractivity contribution in [3.8, 4) is 0 Å². The Morgan fingerprint density at radius 3 is 2.13 bits per heavy atom. The maximum absolute atomic E-state index is 11.1. The minimum atomic E-state index is -0.868. The minimum Gasteiger partial charge on any atom is -0.477 e. The Hall–Kier alpha value is -0.860. The van der Waals surface area contributed by atoms with E-state index in [0.29, 0.717) is 5.71 Å². The second kappa shape index (κ2) is 4.77. The number of aliphatic carboxylic acids is 1. The normalized spacial score (nSPS) is 20.3. The Kier molecular flexibility index (Phi) is 3.89. The van der Waals surface area contributed by atoms with Crippen molar-refractivity contribution >= 4 is 11.7 Å². The molecule has 1 saturated carbocycles. The van der Waals surface area contributed by atoms with E-state index in [1.807, 2.05) is 20.8 Å². The van der Waals surface area contributed by atoms with Crippen molar-refractivity contribution < 1.29 is 9.90 Å². The van der Waals surface area contributed by atoms with E-state index >= 15 is 0 Å². The standard InChI is InChI=1S/C12H21NO2/c1-12(2,3)10(11(14)15)13-9-7-5-4-6-8-9/h9H,4-8H2,1-3H3,(H,14,15)/b13-10+. The molecule has 0 aromatic carbocycles. The molecule has 15 heavy (non-hydrogen) atoms. The van der Waals surface area contributed by atoms with Gasteiger partial charge in [-0.15, -0.1) is 0 Å². The highest BCUT2D eigenvalue weighted by atomic mass is 16.4. The summed E-state index contributed by atoms with van der Waals surface area (Å²) in [4.78, 5) is 15.5. The Balaban J connectivity index is 2.78. The van der Waals surface area contributed by atoms with Crippen molar-refractivity contribution in [2.75, 3.05) is 0 Å². The van der Waals surface area contributed by atoms with Crippen molar-refractivity contribution in [1.82, 2.24) is 0 Å². The Labute approximate surface area is 91.6 Å². The zero-order valence-electron chi connectivity index (χ0n) is 9.92. The third-order valence-corrected chi connectivity index (χ3v) is 2.80. The van der Waals surface area contributed by atoms with Crippen LogP contribution in [0.25, 0.3) is 0 Å². The molecule has 3 nitrogen and oxygen atoms in total. The van der Waals surface area contributed by atoms with Crippen LogP contribution in [0.4, 0.5) is 0 Å². The van der Waals surface area contributed by atoms with Crippen LogP contribution in [0.3, 0.4) is 0 Å². The van der Waals surface area contributed by atoms with E-state index in [-0.39, 0.29) is 11.5 Å². The van der Waals surface area contributed by atoms with Gasteiger partial charge in [-0.2, -0.15) is 0 Å². The fraction of sp³-hybridized carbons (Fsp3) is 0.833. The maximum Gasteiger partial charge on any atom is 0.350 e. The summed E-state index contributed by atoms with van der Waals surface area (Å²) in [5.74, 6) is -0.868. The summed E-state index contributed by atoms with van der Waals surface area (Å²) in [5.41, 5.74) is -0.0297. The molecule has 1 fully saturated rings. The van der Waals surface area contributed by atoms with E-state index in [4.69, 9.17) is 5.11 Å². The highest BCUT2D eigenvalue weighted by Gasteiger charge is 2.27. The molecule has 0 aromatic heterocycles. The lowest BCUT2D eigenvalue weighted by Gasteiger charge is -2.23. The number of carboxylic acid groups (broad SMARTS) is 1. The van der Waals surface area contributed by atoms with Gasteiger partial charge in [0.05, 0.1) is 6.04 Å². The molecule has 0 saturated heterocycles. The van der Waals surface area contributed by atoms with Crippen LogP contribution in [0.2, 0.25) is 0 Å². The Morgan fingerprint density at radius 2 is 1.73 bits per heavy atom. The summed E-state index contributed by atoms with van der Waals surface area (Å²) in [6.45, 7) is 5.72. The summed E-state index contributed by atoms with van der Waals surface area (Å²) < 4.78 is 0. The second-order valence-corrected chi connectivity index (χ2v) is 5.32. The summed E-state index contributed by atoms with van der Waals surface area (Å²) in [6.07, 6.45) is 5.74. The zero-order chi connectivity index (χ0) is 11.5. The number of aliphatic imine (C=N–C) groups is 1. The van der Waals surface area contributed by atoms with Crippen LogP contribution in [-0.2, 0) is 4.79 Å². The van der Waals surface area contributed by atoms with Gasteiger partial charge in [0.25, 0.3) is 0 Å². The summed E-state index contributed by atoms with van der Waals surface area (Å²) in [6, 6.07) is 0.240. The van der Waals surface area contributed by atoms with Crippen LogP contribution in [0, 0.1) is 5.41 Å². The lowest BCUT2D eigenvalue weighted by molar-refractivity contribution is -0.129. The molecule has 0 spiro atoms. The van der Waals surface area contributed by atoms with E-state index in [0.717, 1.165) is 12.8 Å². The van der Waals surface area contributed by atoms with Gasteiger partial charge < -0.3 is 5.11 Å². The Morgan fingerprint density at radius 1 is 1.20 bits per heavy atom. The molecule has 0 atom stereocenters. The summed E-state index contributed by atoms with van der Waals surface area (Å²) in [5, 5.41) is 9.11. The fourth-order valence-corrected chi connectivity index (χ4v) is 1.96. The molecule has 0 heterocycles. The van der Waals surface area contributed by atoms with Gasteiger partial charge in [-0.25, -0.2) is 4.79 Å². The summed E-state index contributed by atoms with van der Waals surface area (Å²) in [7, 11) is 0. The number of rotatable bonds is 2. The molecule has 0 unspecified atom stereocenters. The van der Waals surface area contributed by atoms with Gasteiger partial charge in [-0.05, 0) is 12.8 Å². The largest absolute Gasteiger partial charge is 0.477 e. The van der Waals surface area contributed by atoms with E-state index in [1.54, 1.807) is 0 Å². The van der Waals surface area contributed by atoms with Crippen LogP contribution >= 0.6 is 0 Å². The quantitative estimate of drug-likeness (QED) is 0.714. The molecule has 0 radical (unpaired) electrons. The first-order valence-electron chi connectivity index (χ1n) is 5.73. The molecule has 1 aliphatic rings. The van der Waals surface area contributed by atoms with E-state index < -0.39 is 5.97 Å². The van der Waals surface area contributed by atoms with Gasteiger partial charge in [0.15, 0.2) is 0 Å². The van der Waals surface area contributed by atoms with E-state index in [9.17, 15) is 4.79 Å². The lowest BCUT2D eigenvalue weighted by atomic mass is 9.88. The van der Waals surface area contributed by atoms with Crippen molar-refractivity contribution in [3.63, 3.8) is 0 Å². The predicted molar refractivity (Wildman–Crippen MR) is 61.4 cm³/mol.